The largest absolute Gasteiger partial charge is 0.396 e. The van der Waals surface area contributed by atoms with Gasteiger partial charge in [-0.3, -0.25) is 9.59 Å². The minimum absolute atomic E-state index is 0.00114. The molecule has 0 spiro atoms. The second kappa shape index (κ2) is 5.09. The number of rotatable bonds is 3. The van der Waals surface area contributed by atoms with E-state index >= 15 is 0 Å². The summed E-state index contributed by atoms with van der Waals surface area (Å²) in [5.74, 6) is -0.187. The number of nitrogens with zero attached hydrogens (tertiary/aromatic N) is 1. The zero-order chi connectivity index (χ0) is 12.3. The predicted octanol–water partition coefficient (Wildman–Crippen LogP) is -0.339. The highest BCUT2D eigenvalue weighted by molar-refractivity contribution is 5.92. The number of aliphatic hydroxyl groups excluding tert-OH is 1. The smallest absolute Gasteiger partial charge is 0.271 e. The molecule has 6 heteroatoms. The Morgan fingerprint density at radius 1 is 1.59 bits per heavy atom. The highest BCUT2D eigenvalue weighted by atomic mass is 16.3. The molecule has 0 aromatic carbocycles. The van der Waals surface area contributed by atoms with Crippen molar-refractivity contribution in [2.75, 3.05) is 6.61 Å². The van der Waals surface area contributed by atoms with Crippen LogP contribution in [0.2, 0.25) is 0 Å². The summed E-state index contributed by atoms with van der Waals surface area (Å²) in [6.45, 7) is 0.0873. The summed E-state index contributed by atoms with van der Waals surface area (Å²) in [7, 11) is 0. The first-order valence-corrected chi connectivity index (χ1v) is 5.67. The Morgan fingerprint density at radius 2 is 2.41 bits per heavy atom. The van der Waals surface area contributed by atoms with Gasteiger partial charge in [0.25, 0.3) is 11.5 Å². The molecule has 1 aliphatic carbocycles. The lowest BCUT2D eigenvalue weighted by molar-refractivity contribution is 0.0910. The zero-order valence-electron chi connectivity index (χ0n) is 9.35. The minimum Gasteiger partial charge on any atom is -0.396 e. The Hall–Kier alpha value is -1.69. The van der Waals surface area contributed by atoms with Crippen molar-refractivity contribution < 1.29 is 9.90 Å². The van der Waals surface area contributed by atoms with Gasteiger partial charge in [-0.05, 0) is 12.8 Å². The van der Waals surface area contributed by atoms with Crippen LogP contribution < -0.4 is 10.9 Å². The molecule has 92 valence electrons. The van der Waals surface area contributed by atoms with Crippen LogP contribution in [-0.4, -0.2) is 33.6 Å². The monoisotopic (exact) mass is 237 g/mol. The van der Waals surface area contributed by atoms with E-state index in [1.165, 1.54) is 6.20 Å². The molecule has 2 atom stereocenters. The van der Waals surface area contributed by atoms with Gasteiger partial charge in [-0.2, -0.15) is 0 Å². The molecule has 1 aromatic rings. The van der Waals surface area contributed by atoms with Crippen LogP contribution >= 0.6 is 0 Å². The maximum absolute atomic E-state index is 11.8. The van der Waals surface area contributed by atoms with Gasteiger partial charge in [-0.1, -0.05) is 6.42 Å². The van der Waals surface area contributed by atoms with Gasteiger partial charge in [0, 0.05) is 24.8 Å². The highest BCUT2D eigenvalue weighted by Crippen LogP contribution is 2.25. The molecule has 1 saturated carbocycles. The SMILES string of the molecule is O=C(NC1CCCC1CO)c1c[nH]c(=O)cn1. The van der Waals surface area contributed by atoms with E-state index in [0.717, 1.165) is 25.5 Å². The van der Waals surface area contributed by atoms with Crippen LogP contribution in [0.25, 0.3) is 0 Å². The number of carbonyl (C=O) groups is 1. The van der Waals surface area contributed by atoms with Crippen LogP contribution in [0, 0.1) is 5.92 Å². The summed E-state index contributed by atoms with van der Waals surface area (Å²) in [4.78, 5) is 28.8. The van der Waals surface area contributed by atoms with Gasteiger partial charge in [0.1, 0.15) is 5.69 Å². The van der Waals surface area contributed by atoms with Crippen molar-refractivity contribution in [1.82, 2.24) is 15.3 Å². The van der Waals surface area contributed by atoms with Gasteiger partial charge in [-0.25, -0.2) is 4.98 Å². The quantitative estimate of drug-likeness (QED) is 0.670. The molecular formula is C11H15N3O3. The predicted molar refractivity (Wildman–Crippen MR) is 60.5 cm³/mol. The zero-order valence-corrected chi connectivity index (χ0v) is 9.35. The maximum atomic E-state index is 11.8. The summed E-state index contributed by atoms with van der Waals surface area (Å²) in [6, 6.07) is 0.00114. The summed E-state index contributed by atoms with van der Waals surface area (Å²) in [5.41, 5.74) is -0.149. The van der Waals surface area contributed by atoms with E-state index in [4.69, 9.17) is 5.11 Å². The molecule has 1 aliphatic rings. The van der Waals surface area contributed by atoms with Gasteiger partial charge in [0.15, 0.2) is 0 Å². The van der Waals surface area contributed by atoms with Crippen molar-refractivity contribution in [1.29, 1.82) is 0 Å². The maximum Gasteiger partial charge on any atom is 0.271 e. The highest BCUT2D eigenvalue weighted by Gasteiger charge is 2.28. The number of aromatic amines is 1. The molecule has 0 bridgehead atoms. The van der Waals surface area contributed by atoms with E-state index in [-0.39, 0.29) is 35.7 Å². The molecule has 0 radical (unpaired) electrons. The van der Waals surface area contributed by atoms with Crippen LogP contribution in [0.3, 0.4) is 0 Å². The van der Waals surface area contributed by atoms with Gasteiger partial charge >= 0.3 is 0 Å². The number of carbonyl (C=O) groups excluding carboxylic acids is 1. The van der Waals surface area contributed by atoms with Gasteiger partial charge in [0.2, 0.25) is 0 Å². The number of hydrogen-bond acceptors (Lipinski definition) is 4. The molecule has 2 unspecified atom stereocenters. The number of aromatic nitrogens is 2. The lowest BCUT2D eigenvalue weighted by Gasteiger charge is -2.18. The Balaban J connectivity index is 2.01. The van der Waals surface area contributed by atoms with Crippen molar-refractivity contribution in [2.45, 2.75) is 25.3 Å². The fourth-order valence-corrected chi connectivity index (χ4v) is 2.15. The van der Waals surface area contributed by atoms with Crippen LogP contribution in [0.5, 0.6) is 0 Å². The third-order valence-corrected chi connectivity index (χ3v) is 3.11. The van der Waals surface area contributed by atoms with Crippen LogP contribution in [0.1, 0.15) is 29.8 Å². The number of hydrogen-bond donors (Lipinski definition) is 3. The Morgan fingerprint density at radius 3 is 3.06 bits per heavy atom. The number of nitrogens with one attached hydrogen (secondary N) is 2. The second-order valence-electron chi connectivity index (χ2n) is 4.25. The Labute approximate surface area is 98.1 Å². The van der Waals surface area contributed by atoms with Crippen molar-refractivity contribution in [2.24, 2.45) is 5.92 Å². The third-order valence-electron chi connectivity index (χ3n) is 3.11. The van der Waals surface area contributed by atoms with Gasteiger partial charge < -0.3 is 15.4 Å². The van der Waals surface area contributed by atoms with E-state index in [0.29, 0.717) is 0 Å². The number of aliphatic hydroxyl groups is 1. The third kappa shape index (κ3) is 2.71. The van der Waals surface area contributed by atoms with Gasteiger partial charge in [0.05, 0.1) is 6.20 Å². The van der Waals surface area contributed by atoms with E-state index in [1.54, 1.807) is 0 Å². The Bertz CT molecular complexity index is 437. The fraction of sp³-hybridized carbons (Fsp3) is 0.545. The number of amides is 1. The Kier molecular flexibility index (Phi) is 3.53. The molecule has 6 nitrogen and oxygen atoms in total. The fourth-order valence-electron chi connectivity index (χ4n) is 2.15. The topological polar surface area (TPSA) is 95.1 Å². The molecule has 1 amide bonds. The van der Waals surface area contributed by atoms with Crippen LogP contribution in [0.15, 0.2) is 17.2 Å². The van der Waals surface area contributed by atoms with Crippen LogP contribution in [0.4, 0.5) is 0 Å². The summed E-state index contributed by atoms with van der Waals surface area (Å²) >= 11 is 0. The summed E-state index contributed by atoms with van der Waals surface area (Å²) < 4.78 is 0. The van der Waals surface area contributed by atoms with Crippen molar-refractivity contribution in [3.63, 3.8) is 0 Å². The first-order valence-electron chi connectivity index (χ1n) is 5.67. The van der Waals surface area contributed by atoms with Gasteiger partial charge in [-0.15, -0.1) is 0 Å². The number of H-pyrrole nitrogens is 1. The van der Waals surface area contributed by atoms with Crippen LogP contribution in [-0.2, 0) is 0 Å². The normalized spacial score (nSPS) is 23.6. The van der Waals surface area contributed by atoms with E-state index in [9.17, 15) is 9.59 Å². The first kappa shape index (κ1) is 11.8. The summed E-state index contributed by atoms with van der Waals surface area (Å²) in [6.07, 6.45) is 5.18. The molecule has 1 fully saturated rings. The van der Waals surface area contributed by atoms with E-state index < -0.39 is 0 Å². The molecule has 1 heterocycles. The summed E-state index contributed by atoms with van der Waals surface area (Å²) in [5, 5.41) is 12.0. The van der Waals surface area contributed by atoms with Crippen molar-refractivity contribution in [3.8, 4) is 0 Å². The molecule has 1 aromatic heterocycles. The minimum atomic E-state index is -0.337. The van der Waals surface area contributed by atoms with Crippen molar-refractivity contribution >= 4 is 5.91 Å². The molecule has 0 aliphatic heterocycles. The van der Waals surface area contributed by atoms with Crippen molar-refractivity contribution in [3.05, 3.63) is 28.4 Å². The molecule has 3 N–H and O–H groups in total. The lowest BCUT2D eigenvalue weighted by atomic mass is 10.1. The average molecular weight is 237 g/mol. The molecular weight excluding hydrogens is 222 g/mol. The molecule has 17 heavy (non-hydrogen) atoms. The van der Waals surface area contributed by atoms with E-state index in [1.807, 2.05) is 0 Å². The van der Waals surface area contributed by atoms with E-state index in [2.05, 4.69) is 15.3 Å². The standard InChI is InChI=1S/C11H15N3O3/c15-6-7-2-1-3-8(7)14-11(17)9-4-13-10(16)5-12-9/h4-5,7-8,15H,1-3,6H2,(H,13,16)(H,14,17). The lowest BCUT2D eigenvalue weighted by Crippen LogP contribution is -2.39. The molecule has 0 saturated heterocycles. The first-order chi connectivity index (χ1) is 8.20. The average Bonchev–Trinajstić information content (AvgIpc) is 2.77. The molecule has 2 rings (SSSR count). The second-order valence-corrected chi connectivity index (χ2v) is 4.25.